The maximum atomic E-state index is 12.7. The van der Waals surface area contributed by atoms with Crippen molar-refractivity contribution in [3.8, 4) is 0 Å². The molecule has 1 unspecified atom stereocenters. The fourth-order valence-electron chi connectivity index (χ4n) is 2.65. The summed E-state index contributed by atoms with van der Waals surface area (Å²) in [6.07, 6.45) is 1.66. The van der Waals surface area contributed by atoms with Crippen molar-refractivity contribution in [2.75, 3.05) is 19.6 Å². The van der Waals surface area contributed by atoms with Crippen LogP contribution in [0.5, 0.6) is 0 Å². The van der Waals surface area contributed by atoms with Gasteiger partial charge >= 0.3 is 0 Å². The van der Waals surface area contributed by atoms with E-state index in [0.29, 0.717) is 12.2 Å². The van der Waals surface area contributed by atoms with Crippen LogP contribution in [0.1, 0.15) is 22.1 Å². The normalized spacial score (nSPS) is 19.1. The number of nitrogens with zero attached hydrogens (tertiary/aromatic N) is 3. The van der Waals surface area contributed by atoms with Crippen molar-refractivity contribution in [3.63, 3.8) is 0 Å². The first-order valence-electron chi connectivity index (χ1n) is 6.82. The third kappa shape index (κ3) is 2.32. The predicted molar refractivity (Wildman–Crippen MR) is 76.3 cm³/mol. The van der Waals surface area contributed by atoms with Gasteiger partial charge in [0, 0.05) is 32.9 Å². The van der Waals surface area contributed by atoms with E-state index < -0.39 is 0 Å². The summed E-state index contributed by atoms with van der Waals surface area (Å²) in [7, 11) is 1.80. The van der Waals surface area contributed by atoms with E-state index >= 15 is 0 Å². The number of aromatic nitrogens is 2. The Kier molecular flexibility index (Phi) is 3.52. The lowest BCUT2D eigenvalue weighted by molar-refractivity contribution is 0.0623. The summed E-state index contributed by atoms with van der Waals surface area (Å²) >= 11 is 0. The highest BCUT2D eigenvalue weighted by atomic mass is 16.2. The van der Waals surface area contributed by atoms with Gasteiger partial charge < -0.3 is 10.2 Å². The first-order chi connectivity index (χ1) is 9.77. The second-order valence-corrected chi connectivity index (χ2v) is 4.97. The van der Waals surface area contributed by atoms with Crippen LogP contribution < -0.4 is 5.32 Å². The second kappa shape index (κ2) is 5.46. The van der Waals surface area contributed by atoms with E-state index in [0.717, 1.165) is 18.7 Å². The van der Waals surface area contributed by atoms with Gasteiger partial charge in [-0.2, -0.15) is 5.10 Å². The van der Waals surface area contributed by atoms with Gasteiger partial charge in [0.15, 0.2) is 0 Å². The van der Waals surface area contributed by atoms with Gasteiger partial charge in [0.25, 0.3) is 5.91 Å². The van der Waals surface area contributed by atoms with Crippen molar-refractivity contribution in [1.29, 1.82) is 0 Å². The molecule has 5 heteroatoms. The van der Waals surface area contributed by atoms with Crippen LogP contribution in [0.15, 0.2) is 42.6 Å². The first kappa shape index (κ1) is 12.9. The zero-order chi connectivity index (χ0) is 13.9. The van der Waals surface area contributed by atoms with Gasteiger partial charge in [0.05, 0.1) is 6.04 Å². The van der Waals surface area contributed by atoms with E-state index in [1.54, 1.807) is 24.0 Å². The minimum Gasteiger partial charge on any atom is -0.328 e. The summed E-state index contributed by atoms with van der Waals surface area (Å²) in [5.74, 6) is 0.0420. The van der Waals surface area contributed by atoms with Gasteiger partial charge in [-0.3, -0.25) is 9.48 Å². The molecule has 1 saturated heterocycles. The smallest absolute Gasteiger partial charge is 0.272 e. The molecule has 1 fully saturated rings. The van der Waals surface area contributed by atoms with Crippen molar-refractivity contribution in [1.82, 2.24) is 20.0 Å². The van der Waals surface area contributed by atoms with Gasteiger partial charge in [-0.25, -0.2) is 0 Å². The standard InChI is InChI=1S/C15H18N4O/c1-18-13(7-8-17-18)15(20)19-10-9-16-11-14(19)12-5-3-2-4-6-12/h2-8,14,16H,9-11H2,1H3. The molecule has 20 heavy (non-hydrogen) atoms. The molecular formula is C15H18N4O. The van der Waals surface area contributed by atoms with Crippen LogP contribution in [0.2, 0.25) is 0 Å². The molecule has 2 heterocycles. The molecule has 1 aliphatic heterocycles. The summed E-state index contributed by atoms with van der Waals surface area (Å²) in [6, 6.07) is 12.0. The summed E-state index contributed by atoms with van der Waals surface area (Å²) < 4.78 is 1.63. The SMILES string of the molecule is Cn1nccc1C(=O)N1CCNCC1c1ccccc1. The lowest BCUT2D eigenvalue weighted by atomic mass is 10.0. The molecule has 3 rings (SSSR count). The average molecular weight is 270 g/mol. The molecule has 1 aliphatic rings. The first-order valence-corrected chi connectivity index (χ1v) is 6.82. The number of carbonyl (C=O) groups excluding carboxylic acids is 1. The number of piperazine rings is 1. The van der Waals surface area contributed by atoms with Crippen LogP contribution in [0.25, 0.3) is 0 Å². The molecule has 1 aromatic heterocycles. The van der Waals surface area contributed by atoms with Gasteiger partial charge in [-0.15, -0.1) is 0 Å². The van der Waals surface area contributed by atoms with Crippen molar-refractivity contribution in [2.24, 2.45) is 7.05 Å². The predicted octanol–water partition coefficient (Wildman–Crippen LogP) is 1.21. The Morgan fingerprint density at radius 3 is 2.80 bits per heavy atom. The molecule has 0 bridgehead atoms. The largest absolute Gasteiger partial charge is 0.328 e. The Morgan fingerprint density at radius 2 is 2.10 bits per heavy atom. The van der Waals surface area contributed by atoms with Crippen LogP contribution in [0.4, 0.5) is 0 Å². The molecule has 0 saturated carbocycles. The molecule has 0 radical (unpaired) electrons. The Morgan fingerprint density at radius 1 is 1.30 bits per heavy atom. The Labute approximate surface area is 118 Å². The van der Waals surface area contributed by atoms with Crippen molar-refractivity contribution in [2.45, 2.75) is 6.04 Å². The van der Waals surface area contributed by atoms with E-state index in [9.17, 15) is 4.79 Å². The fraction of sp³-hybridized carbons (Fsp3) is 0.333. The van der Waals surface area contributed by atoms with Gasteiger partial charge in [-0.05, 0) is 11.6 Å². The molecule has 1 N–H and O–H groups in total. The van der Waals surface area contributed by atoms with Crippen molar-refractivity contribution in [3.05, 3.63) is 53.9 Å². The number of rotatable bonds is 2. The second-order valence-electron chi connectivity index (χ2n) is 4.97. The molecule has 0 aliphatic carbocycles. The number of hydrogen-bond donors (Lipinski definition) is 1. The quantitative estimate of drug-likeness (QED) is 0.892. The number of nitrogens with one attached hydrogen (secondary N) is 1. The lowest BCUT2D eigenvalue weighted by Gasteiger charge is -2.36. The number of hydrogen-bond acceptors (Lipinski definition) is 3. The zero-order valence-electron chi connectivity index (χ0n) is 11.5. The van der Waals surface area contributed by atoms with Crippen molar-refractivity contribution < 1.29 is 4.79 Å². The third-order valence-electron chi connectivity index (χ3n) is 3.73. The number of amides is 1. The summed E-state index contributed by atoms with van der Waals surface area (Å²) in [5, 5.41) is 7.45. The van der Waals surface area contributed by atoms with Gasteiger partial charge in [-0.1, -0.05) is 30.3 Å². The molecule has 1 amide bonds. The van der Waals surface area contributed by atoms with Crippen LogP contribution in [-0.2, 0) is 7.05 Å². The van der Waals surface area contributed by atoms with E-state index in [1.165, 1.54) is 0 Å². The number of carbonyl (C=O) groups is 1. The average Bonchev–Trinajstić information content (AvgIpc) is 2.93. The van der Waals surface area contributed by atoms with E-state index in [4.69, 9.17) is 0 Å². The molecular weight excluding hydrogens is 252 g/mol. The monoisotopic (exact) mass is 270 g/mol. The van der Waals surface area contributed by atoms with Crippen molar-refractivity contribution >= 4 is 5.91 Å². The molecule has 1 atom stereocenters. The summed E-state index contributed by atoms with van der Waals surface area (Å²) in [6.45, 7) is 2.32. The Balaban J connectivity index is 1.90. The maximum Gasteiger partial charge on any atom is 0.272 e. The minimum absolute atomic E-state index is 0.0420. The molecule has 104 valence electrons. The molecule has 0 spiro atoms. The summed E-state index contributed by atoms with van der Waals surface area (Å²) in [5.41, 5.74) is 1.79. The highest BCUT2D eigenvalue weighted by molar-refractivity contribution is 5.92. The highest BCUT2D eigenvalue weighted by Gasteiger charge is 2.29. The minimum atomic E-state index is 0.0420. The summed E-state index contributed by atoms with van der Waals surface area (Å²) in [4.78, 5) is 14.6. The van der Waals surface area contributed by atoms with Crippen LogP contribution in [0, 0.1) is 0 Å². The van der Waals surface area contributed by atoms with E-state index in [-0.39, 0.29) is 11.9 Å². The van der Waals surface area contributed by atoms with E-state index in [2.05, 4.69) is 22.5 Å². The third-order valence-corrected chi connectivity index (χ3v) is 3.73. The van der Waals surface area contributed by atoms with Crippen LogP contribution >= 0.6 is 0 Å². The number of aryl methyl sites for hydroxylation is 1. The molecule has 1 aromatic carbocycles. The Hall–Kier alpha value is -2.14. The molecule has 2 aromatic rings. The van der Waals surface area contributed by atoms with Gasteiger partial charge in [0.1, 0.15) is 5.69 Å². The maximum absolute atomic E-state index is 12.7. The zero-order valence-corrected chi connectivity index (χ0v) is 11.5. The lowest BCUT2D eigenvalue weighted by Crippen LogP contribution is -2.49. The topological polar surface area (TPSA) is 50.2 Å². The fourth-order valence-corrected chi connectivity index (χ4v) is 2.65. The number of benzene rings is 1. The van der Waals surface area contributed by atoms with Crippen LogP contribution in [0.3, 0.4) is 0 Å². The van der Waals surface area contributed by atoms with E-state index in [1.807, 2.05) is 23.1 Å². The van der Waals surface area contributed by atoms with Gasteiger partial charge in [0.2, 0.25) is 0 Å². The molecule has 5 nitrogen and oxygen atoms in total. The van der Waals surface area contributed by atoms with Crippen LogP contribution in [-0.4, -0.2) is 40.2 Å². The Bertz CT molecular complexity index is 593. The highest BCUT2D eigenvalue weighted by Crippen LogP contribution is 2.23.